The zero-order valence-electron chi connectivity index (χ0n) is 14.3. The number of aromatic amines is 1. The van der Waals surface area contributed by atoms with Crippen LogP contribution in [0.5, 0.6) is 0 Å². The number of carbonyl (C=O) groups is 2. The topological polar surface area (TPSA) is 65.2 Å². The molecule has 1 aliphatic rings. The summed E-state index contributed by atoms with van der Waals surface area (Å²) in [5.74, 6) is -0.202. The molecule has 1 aliphatic heterocycles. The standard InChI is InChI=1S/C20H18ClN3O2/c1-12-5-7-13(8-6-12)11-24-19(25)17(23-20(24)26)9-14-10-22-18-15(14)3-2-4-16(18)21/h2-8,10,17,22H,9,11H2,1H3,(H,23,26). The van der Waals surface area contributed by atoms with E-state index in [-0.39, 0.29) is 18.5 Å². The number of rotatable bonds is 4. The highest BCUT2D eigenvalue weighted by Gasteiger charge is 2.38. The number of nitrogens with one attached hydrogen (secondary N) is 2. The number of imide groups is 1. The maximum atomic E-state index is 12.7. The average molecular weight is 368 g/mol. The third kappa shape index (κ3) is 2.95. The van der Waals surface area contributed by atoms with Crippen LogP contribution in [0.2, 0.25) is 5.02 Å². The zero-order chi connectivity index (χ0) is 18.3. The van der Waals surface area contributed by atoms with Gasteiger partial charge in [0, 0.05) is 18.0 Å². The van der Waals surface area contributed by atoms with Gasteiger partial charge in [0.15, 0.2) is 0 Å². The zero-order valence-corrected chi connectivity index (χ0v) is 15.0. The van der Waals surface area contributed by atoms with E-state index in [2.05, 4.69) is 10.3 Å². The minimum Gasteiger partial charge on any atom is -0.360 e. The Hall–Kier alpha value is -2.79. The second-order valence-corrected chi connectivity index (χ2v) is 7.00. The van der Waals surface area contributed by atoms with Crippen LogP contribution in [0.1, 0.15) is 16.7 Å². The van der Waals surface area contributed by atoms with Gasteiger partial charge in [0.2, 0.25) is 0 Å². The van der Waals surface area contributed by atoms with E-state index in [0.29, 0.717) is 11.4 Å². The molecule has 0 spiro atoms. The molecule has 6 heteroatoms. The molecule has 1 aromatic heterocycles. The van der Waals surface area contributed by atoms with Crippen LogP contribution in [-0.4, -0.2) is 27.9 Å². The lowest BCUT2D eigenvalue weighted by Crippen LogP contribution is -2.32. The first-order valence-corrected chi connectivity index (χ1v) is 8.82. The van der Waals surface area contributed by atoms with Gasteiger partial charge in [0.25, 0.3) is 5.91 Å². The quantitative estimate of drug-likeness (QED) is 0.689. The van der Waals surface area contributed by atoms with Crippen molar-refractivity contribution in [3.8, 4) is 0 Å². The van der Waals surface area contributed by atoms with Gasteiger partial charge in [-0.3, -0.25) is 9.69 Å². The van der Waals surface area contributed by atoms with Crippen LogP contribution in [0, 0.1) is 6.92 Å². The molecule has 1 unspecified atom stereocenters. The molecule has 0 radical (unpaired) electrons. The van der Waals surface area contributed by atoms with E-state index in [9.17, 15) is 9.59 Å². The Labute approximate surface area is 155 Å². The van der Waals surface area contributed by atoms with Gasteiger partial charge >= 0.3 is 6.03 Å². The number of aromatic nitrogens is 1. The van der Waals surface area contributed by atoms with Crippen LogP contribution in [0.15, 0.2) is 48.7 Å². The minimum atomic E-state index is -0.564. The molecule has 2 N–H and O–H groups in total. The van der Waals surface area contributed by atoms with Crippen LogP contribution >= 0.6 is 11.6 Å². The number of amides is 3. The van der Waals surface area contributed by atoms with E-state index in [1.165, 1.54) is 4.90 Å². The Morgan fingerprint density at radius 2 is 1.88 bits per heavy atom. The van der Waals surface area contributed by atoms with Crippen LogP contribution in [-0.2, 0) is 17.8 Å². The number of H-pyrrole nitrogens is 1. The first kappa shape index (κ1) is 16.7. The molecule has 132 valence electrons. The molecule has 3 aromatic rings. The Morgan fingerprint density at radius 1 is 1.12 bits per heavy atom. The molecule has 1 saturated heterocycles. The second-order valence-electron chi connectivity index (χ2n) is 6.59. The van der Waals surface area contributed by atoms with Crippen LogP contribution in [0.4, 0.5) is 4.79 Å². The summed E-state index contributed by atoms with van der Waals surface area (Å²) in [6.07, 6.45) is 2.27. The number of halogens is 1. The fourth-order valence-corrected chi connectivity index (χ4v) is 3.53. The lowest BCUT2D eigenvalue weighted by molar-refractivity contribution is -0.127. The fraction of sp³-hybridized carbons (Fsp3) is 0.200. The lowest BCUT2D eigenvalue weighted by Gasteiger charge is -2.13. The third-order valence-corrected chi connectivity index (χ3v) is 5.06. The Kier molecular flexibility index (Phi) is 4.17. The van der Waals surface area contributed by atoms with Gasteiger partial charge in [-0.15, -0.1) is 0 Å². The number of hydrogen-bond donors (Lipinski definition) is 2. The van der Waals surface area contributed by atoms with Crippen molar-refractivity contribution in [3.63, 3.8) is 0 Å². The van der Waals surface area contributed by atoms with Crippen molar-refractivity contribution in [2.24, 2.45) is 0 Å². The Bertz CT molecular complexity index is 994. The van der Waals surface area contributed by atoms with Gasteiger partial charge in [-0.25, -0.2) is 4.79 Å². The molecule has 1 fully saturated rings. The third-order valence-electron chi connectivity index (χ3n) is 4.74. The second kappa shape index (κ2) is 6.50. The van der Waals surface area contributed by atoms with E-state index >= 15 is 0 Å². The molecule has 5 nitrogen and oxygen atoms in total. The molecule has 3 amide bonds. The predicted molar refractivity (Wildman–Crippen MR) is 101 cm³/mol. The largest absolute Gasteiger partial charge is 0.360 e. The number of para-hydroxylation sites is 1. The molecule has 1 atom stereocenters. The summed E-state index contributed by atoms with van der Waals surface area (Å²) >= 11 is 6.19. The number of nitrogens with zero attached hydrogens (tertiary/aromatic N) is 1. The first-order chi connectivity index (χ1) is 12.5. The van der Waals surface area contributed by atoms with E-state index in [1.807, 2.05) is 55.6 Å². The molecular weight excluding hydrogens is 350 g/mol. The summed E-state index contributed by atoms with van der Waals surface area (Å²) in [4.78, 5) is 29.4. The van der Waals surface area contributed by atoms with Crippen LogP contribution < -0.4 is 5.32 Å². The lowest BCUT2D eigenvalue weighted by atomic mass is 10.0. The summed E-state index contributed by atoms with van der Waals surface area (Å²) in [6, 6.07) is 12.6. The van der Waals surface area contributed by atoms with Gasteiger partial charge in [-0.2, -0.15) is 0 Å². The van der Waals surface area contributed by atoms with Gasteiger partial charge in [0.1, 0.15) is 6.04 Å². The van der Waals surface area contributed by atoms with Crippen LogP contribution in [0.3, 0.4) is 0 Å². The minimum absolute atomic E-state index is 0.202. The number of aryl methyl sites for hydroxylation is 1. The number of benzene rings is 2. The monoisotopic (exact) mass is 367 g/mol. The van der Waals surface area contributed by atoms with E-state index < -0.39 is 6.04 Å². The maximum Gasteiger partial charge on any atom is 0.325 e. The van der Waals surface area contributed by atoms with E-state index in [1.54, 1.807) is 0 Å². The Morgan fingerprint density at radius 3 is 2.65 bits per heavy atom. The summed E-state index contributed by atoms with van der Waals surface area (Å²) in [5.41, 5.74) is 3.87. The normalized spacial score (nSPS) is 17.2. The van der Waals surface area contributed by atoms with E-state index in [4.69, 9.17) is 11.6 Å². The maximum absolute atomic E-state index is 12.7. The summed E-state index contributed by atoms with van der Waals surface area (Å²) in [7, 11) is 0. The summed E-state index contributed by atoms with van der Waals surface area (Å²) < 4.78 is 0. The summed E-state index contributed by atoms with van der Waals surface area (Å²) in [5, 5.41) is 4.40. The molecule has 0 saturated carbocycles. The molecule has 26 heavy (non-hydrogen) atoms. The predicted octanol–water partition coefficient (Wildman–Crippen LogP) is 3.79. The Balaban J connectivity index is 1.53. The molecular formula is C20H18ClN3O2. The molecule has 2 heterocycles. The van der Waals surface area contributed by atoms with Gasteiger partial charge in [-0.1, -0.05) is 53.6 Å². The van der Waals surface area contributed by atoms with Crippen molar-refractivity contribution in [1.29, 1.82) is 0 Å². The average Bonchev–Trinajstić information content (AvgIpc) is 3.15. The summed E-state index contributed by atoms with van der Waals surface area (Å²) in [6.45, 7) is 2.28. The molecule has 0 aliphatic carbocycles. The van der Waals surface area contributed by atoms with Crippen molar-refractivity contribution in [2.75, 3.05) is 0 Å². The highest BCUT2D eigenvalue weighted by molar-refractivity contribution is 6.35. The number of urea groups is 1. The van der Waals surface area contributed by atoms with E-state index in [0.717, 1.165) is 27.6 Å². The van der Waals surface area contributed by atoms with Crippen molar-refractivity contribution < 1.29 is 9.59 Å². The number of carbonyl (C=O) groups excluding carboxylic acids is 2. The van der Waals surface area contributed by atoms with Gasteiger partial charge < -0.3 is 10.3 Å². The highest BCUT2D eigenvalue weighted by atomic mass is 35.5. The smallest absolute Gasteiger partial charge is 0.325 e. The number of fused-ring (bicyclic) bond motifs is 1. The first-order valence-electron chi connectivity index (χ1n) is 8.45. The van der Waals surface area contributed by atoms with Gasteiger partial charge in [0.05, 0.1) is 17.1 Å². The SMILES string of the molecule is Cc1ccc(CN2C(=O)NC(Cc3c[nH]c4c(Cl)cccc34)C2=O)cc1. The van der Waals surface area contributed by atoms with Crippen molar-refractivity contribution >= 4 is 34.4 Å². The molecule has 2 aromatic carbocycles. The highest BCUT2D eigenvalue weighted by Crippen LogP contribution is 2.27. The van der Waals surface area contributed by atoms with Crippen molar-refractivity contribution in [2.45, 2.75) is 25.9 Å². The number of hydrogen-bond acceptors (Lipinski definition) is 2. The van der Waals surface area contributed by atoms with Crippen molar-refractivity contribution in [1.82, 2.24) is 15.2 Å². The molecule has 0 bridgehead atoms. The molecule has 4 rings (SSSR count). The fourth-order valence-electron chi connectivity index (χ4n) is 3.31. The van der Waals surface area contributed by atoms with Gasteiger partial charge in [-0.05, 0) is 24.1 Å². The van der Waals surface area contributed by atoms with Crippen molar-refractivity contribution in [3.05, 3.63) is 70.4 Å². The van der Waals surface area contributed by atoms with Crippen LogP contribution in [0.25, 0.3) is 10.9 Å².